The normalized spacial score (nSPS) is 21.8. The summed E-state index contributed by atoms with van der Waals surface area (Å²) in [4.78, 5) is 67.4. The number of fused-ring (bicyclic) bond motifs is 14. The minimum atomic E-state index is -0.440. The summed E-state index contributed by atoms with van der Waals surface area (Å²) in [6.07, 6.45) is 14.2. The van der Waals surface area contributed by atoms with E-state index >= 15 is 0 Å². The number of rotatable bonds is 10. The topological polar surface area (TPSA) is 217 Å². The van der Waals surface area contributed by atoms with E-state index in [1.807, 2.05) is 52.2 Å². The third-order valence-corrected chi connectivity index (χ3v) is 17.8. The molecule has 5 N–H and O–H groups in total. The lowest BCUT2D eigenvalue weighted by Gasteiger charge is -2.34. The van der Waals surface area contributed by atoms with Crippen molar-refractivity contribution in [3.05, 3.63) is 95.6 Å². The first kappa shape index (κ1) is 53.9. The Labute approximate surface area is 483 Å². The molecule has 13 rings (SSSR count). The first-order valence-corrected chi connectivity index (χ1v) is 29.6. The Morgan fingerprint density at radius 2 is 1.31 bits per heavy atom. The van der Waals surface area contributed by atoms with Crippen LogP contribution in [0, 0.1) is 37.5 Å². The van der Waals surface area contributed by atoms with Gasteiger partial charge in [-0.2, -0.15) is 15.1 Å². The van der Waals surface area contributed by atoms with Gasteiger partial charge in [-0.25, -0.2) is 9.48 Å². The second-order valence-corrected chi connectivity index (χ2v) is 24.4. The van der Waals surface area contributed by atoms with Crippen molar-refractivity contribution in [3.63, 3.8) is 0 Å². The average molecular weight is 1120 g/mol. The minimum Gasteiger partial charge on any atom is -0.477 e. The number of anilines is 6. The fourth-order valence-electron chi connectivity index (χ4n) is 12.3. The van der Waals surface area contributed by atoms with Crippen molar-refractivity contribution in [2.45, 2.75) is 103 Å². The molecule has 8 heterocycles. The van der Waals surface area contributed by atoms with Gasteiger partial charge in [-0.3, -0.25) is 24.5 Å². The zero-order valence-electron chi connectivity index (χ0n) is 48.6. The maximum absolute atomic E-state index is 14.5. The number of hydrogen-bond donors (Lipinski definition) is 5. The monoisotopic (exact) mass is 1120 g/mol. The van der Waals surface area contributed by atoms with E-state index in [4.69, 9.17) is 29.4 Å². The van der Waals surface area contributed by atoms with Crippen molar-refractivity contribution in [1.82, 2.24) is 34.6 Å². The molecule has 4 aromatic heterocycles. The van der Waals surface area contributed by atoms with E-state index in [0.717, 1.165) is 78.1 Å². The number of nitrogens with zero attached hydrogens (tertiary/aromatic N) is 11. The third-order valence-electron chi connectivity index (χ3n) is 17.8. The van der Waals surface area contributed by atoms with E-state index < -0.39 is 5.54 Å². The number of aryl methyl sites for hydroxylation is 3. The quantitative estimate of drug-likeness (QED) is 0.0811. The van der Waals surface area contributed by atoms with Gasteiger partial charge in [-0.05, 0) is 183 Å². The number of urea groups is 1. The van der Waals surface area contributed by atoms with Crippen molar-refractivity contribution in [2.24, 2.45) is 47.8 Å². The molecule has 4 amide bonds. The van der Waals surface area contributed by atoms with Crippen LogP contribution < -0.4 is 50.5 Å². The molecule has 432 valence electrons. The van der Waals surface area contributed by atoms with Gasteiger partial charge < -0.3 is 45.9 Å². The van der Waals surface area contributed by atoms with Gasteiger partial charge in [-0.1, -0.05) is 0 Å². The Morgan fingerprint density at radius 1 is 0.711 bits per heavy atom. The Morgan fingerprint density at radius 3 is 1.94 bits per heavy atom. The van der Waals surface area contributed by atoms with Gasteiger partial charge in [0.15, 0.2) is 6.54 Å². The summed E-state index contributed by atoms with van der Waals surface area (Å²) >= 11 is 0. The molecule has 21 nitrogen and oxygen atoms in total. The highest BCUT2D eigenvalue weighted by molar-refractivity contribution is 6.20. The Bertz CT molecular complexity index is 3610. The third kappa shape index (κ3) is 11.3. The number of benzene rings is 2. The molecule has 4 aliphatic heterocycles. The molecule has 3 aliphatic carbocycles. The summed E-state index contributed by atoms with van der Waals surface area (Å²) in [5, 5.41) is 21.3. The molecule has 83 heavy (non-hydrogen) atoms. The second-order valence-electron chi connectivity index (χ2n) is 24.4. The highest BCUT2D eigenvalue weighted by Gasteiger charge is 2.40. The first-order valence-electron chi connectivity index (χ1n) is 29.6. The molecule has 0 radical (unpaired) electrons. The second kappa shape index (κ2) is 21.8. The average Bonchev–Trinajstić information content (AvgIpc) is 4.56. The smallest absolute Gasteiger partial charge is 0.319 e. The van der Waals surface area contributed by atoms with Gasteiger partial charge in [0.2, 0.25) is 24.0 Å². The maximum atomic E-state index is 14.5. The first-order chi connectivity index (χ1) is 40.1. The van der Waals surface area contributed by atoms with Crippen LogP contribution in [-0.4, -0.2) is 118 Å². The molecular weight excluding hydrogens is 1050 g/mol. The highest BCUT2D eigenvalue weighted by atomic mass is 16.5. The van der Waals surface area contributed by atoms with Gasteiger partial charge in [0.05, 0.1) is 71.7 Å². The van der Waals surface area contributed by atoms with Crippen LogP contribution in [0.4, 0.5) is 38.9 Å². The number of likely N-dealkylation sites (N-methyl/N-ethyl adjacent to an activating group) is 1. The molecule has 3 unspecified atom stereocenters. The molecular formula is C62H75N16O5+. The lowest BCUT2D eigenvalue weighted by atomic mass is 9.97. The van der Waals surface area contributed by atoms with E-state index in [0.29, 0.717) is 126 Å². The number of guanidine groups is 2. The summed E-state index contributed by atoms with van der Waals surface area (Å²) in [5.74, 6) is 3.44. The fraction of sp³-hybridized carbons (Fsp3) is 0.468. The van der Waals surface area contributed by atoms with Crippen molar-refractivity contribution in [3.8, 4) is 34.3 Å². The summed E-state index contributed by atoms with van der Waals surface area (Å²) in [6.45, 7) is 9.62. The number of carbonyl (C=O) groups excluding carboxylic acids is 3. The summed E-state index contributed by atoms with van der Waals surface area (Å²) in [5.41, 5.74) is 9.75. The van der Waals surface area contributed by atoms with Gasteiger partial charge in [0, 0.05) is 66.6 Å². The number of nitrogens with one attached hydrogen (secondary N) is 5. The van der Waals surface area contributed by atoms with E-state index in [1.54, 1.807) is 29.1 Å². The molecule has 21 heteroatoms. The molecule has 6 aromatic rings. The Hall–Kier alpha value is -8.33. The highest BCUT2D eigenvalue weighted by Crippen LogP contribution is 2.45. The number of pyridine rings is 2. The number of hydrogen-bond acceptors (Lipinski definition) is 14. The minimum absolute atomic E-state index is 0.222. The number of aromatic nitrogens is 6. The lowest BCUT2D eigenvalue weighted by molar-refractivity contribution is -0.780. The summed E-state index contributed by atoms with van der Waals surface area (Å²) < 4.78 is 19.3. The van der Waals surface area contributed by atoms with Crippen molar-refractivity contribution in [1.29, 1.82) is 0 Å². The van der Waals surface area contributed by atoms with Gasteiger partial charge in [-0.15, -0.1) is 9.36 Å². The zero-order valence-corrected chi connectivity index (χ0v) is 48.6. The van der Waals surface area contributed by atoms with Crippen LogP contribution in [0.5, 0.6) is 11.8 Å². The zero-order chi connectivity index (χ0) is 57.3. The summed E-state index contributed by atoms with van der Waals surface area (Å²) in [7, 11) is 8.11. The number of ether oxygens (including phenoxy) is 2. The van der Waals surface area contributed by atoms with Crippen LogP contribution in [0.2, 0.25) is 0 Å². The molecule has 0 saturated heterocycles. The number of carbonyl (C=O) groups is 3. The number of aliphatic imine (C=N–C) groups is 2. The Kier molecular flexibility index (Phi) is 14.2. The van der Waals surface area contributed by atoms with Crippen LogP contribution in [0.15, 0.2) is 83.0 Å². The van der Waals surface area contributed by atoms with E-state index in [9.17, 15) is 14.4 Å². The predicted octanol–water partition coefficient (Wildman–Crippen LogP) is 8.76. The maximum Gasteiger partial charge on any atom is 0.319 e. The van der Waals surface area contributed by atoms with Crippen LogP contribution in [0.25, 0.3) is 22.5 Å². The van der Waals surface area contributed by atoms with Crippen LogP contribution in [0.3, 0.4) is 0 Å². The molecule has 2 aromatic carbocycles. The predicted molar refractivity (Wildman–Crippen MR) is 321 cm³/mol. The molecule has 3 atom stereocenters. The van der Waals surface area contributed by atoms with Crippen molar-refractivity contribution in [2.75, 3.05) is 78.0 Å². The fourth-order valence-corrected chi connectivity index (χ4v) is 12.3. The van der Waals surface area contributed by atoms with Gasteiger partial charge >= 0.3 is 6.03 Å². The molecule has 4 bridgehead atoms. The van der Waals surface area contributed by atoms with Crippen LogP contribution in [-0.2, 0) is 20.6 Å². The standard InChI is InChI=1S/C62H74N16O5/c1-36-24-42-26-50(65-36)47-30-64-74(6)57(47)82-22-8-10-41(39-14-15-39)32-78-54-29-45(18-20-49(54)69-59(78)71-55(42)79)63-34-62(3,73(4)5)35-76-33-48-51-27-43(25-37(2)66-51)56(80)72-60-70-52-28-46(68-61(81)67-44-16-17-44)19-21-53(52)77(60)31-40(38-12-13-38)11-9-23-83-58(48)75(76)7/h18-21,24-30,33,38-41,44H,8-17,22-23,31-32,34-35H2,1-7H3,(H4-,63,65,66,67,68,69,70,71,72,79,80,81)/p+1. The largest absolute Gasteiger partial charge is 0.477 e. The van der Waals surface area contributed by atoms with Crippen molar-refractivity contribution >= 4 is 63.9 Å². The van der Waals surface area contributed by atoms with E-state index in [1.165, 1.54) is 25.7 Å². The summed E-state index contributed by atoms with van der Waals surface area (Å²) in [6, 6.07) is 19.4. The van der Waals surface area contributed by atoms with E-state index in [-0.39, 0.29) is 23.9 Å². The molecule has 3 saturated carbocycles. The number of amides is 4. The van der Waals surface area contributed by atoms with Gasteiger partial charge in [0.1, 0.15) is 5.56 Å². The molecule has 3 fully saturated rings. The molecule has 7 aliphatic rings. The van der Waals surface area contributed by atoms with Gasteiger partial charge in [0.25, 0.3) is 17.7 Å². The van der Waals surface area contributed by atoms with Crippen LogP contribution >= 0.6 is 0 Å². The van der Waals surface area contributed by atoms with Crippen molar-refractivity contribution < 1.29 is 28.5 Å². The lowest BCUT2D eigenvalue weighted by Crippen LogP contribution is -2.59. The molecule has 0 spiro atoms. The van der Waals surface area contributed by atoms with E-state index in [2.05, 4.69) is 101 Å². The van der Waals surface area contributed by atoms with Crippen LogP contribution in [0.1, 0.15) is 103 Å². The SMILES string of the molecule is Cc1cc2cc(n1)-c1cnn(C)c1OCCCC(C1CC1)CN1/C(=N/C2=O)Nc2ccc(NCC(C)(C[n+]3cc4c(n3C)OCCCC(C3CC3)CN3/C(=N/C(=O)c5cc(C)nc-4c5)Nc4cc(NC(=O)NC5CC5)ccc43)N(C)C)cc21. The Balaban J connectivity index is 0.767.